The lowest BCUT2D eigenvalue weighted by Gasteiger charge is -2.23. The first kappa shape index (κ1) is 19.1. The number of nitrogens with one attached hydrogen (secondary N) is 1. The summed E-state index contributed by atoms with van der Waals surface area (Å²) >= 11 is 0. The van der Waals surface area contributed by atoms with Crippen LogP contribution in [0.5, 0.6) is 17.2 Å². The van der Waals surface area contributed by atoms with Crippen molar-refractivity contribution in [1.82, 2.24) is 19.5 Å². The van der Waals surface area contributed by atoms with Gasteiger partial charge in [-0.25, -0.2) is 4.98 Å². The van der Waals surface area contributed by atoms with E-state index in [-0.39, 0.29) is 12.2 Å². The third-order valence-electron chi connectivity index (χ3n) is 4.86. The monoisotopic (exact) mass is 400 g/mol. The number of fused-ring (bicyclic) bond motifs is 1. The van der Waals surface area contributed by atoms with E-state index in [1.54, 1.807) is 39.8 Å². The van der Waals surface area contributed by atoms with Crippen molar-refractivity contribution in [2.75, 3.05) is 39.0 Å². The molecule has 3 aromatic rings. The van der Waals surface area contributed by atoms with Crippen molar-refractivity contribution in [2.45, 2.75) is 25.5 Å². The smallest absolute Gasteiger partial charge is 0.224 e. The molecule has 2 aromatic heterocycles. The summed E-state index contributed by atoms with van der Waals surface area (Å²) in [7, 11) is 4.72. The summed E-state index contributed by atoms with van der Waals surface area (Å²) in [5.41, 5.74) is 7.76. The highest BCUT2D eigenvalue weighted by atomic mass is 16.5. The van der Waals surface area contributed by atoms with Crippen LogP contribution < -0.4 is 25.3 Å². The van der Waals surface area contributed by atoms with Gasteiger partial charge in [-0.3, -0.25) is 4.57 Å². The number of nitrogens with two attached hydrogens (primary N) is 1. The summed E-state index contributed by atoms with van der Waals surface area (Å²) in [6, 6.07) is 3.50. The lowest BCUT2D eigenvalue weighted by molar-refractivity contribution is -0.0298. The van der Waals surface area contributed by atoms with Crippen molar-refractivity contribution in [2.24, 2.45) is 0 Å². The van der Waals surface area contributed by atoms with E-state index in [2.05, 4.69) is 20.3 Å². The van der Waals surface area contributed by atoms with Gasteiger partial charge in [0.25, 0.3) is 0 Å². The molecule has 10 nitrogen and oxygen atoms in total. The predicted molar refractivity (Wildman–Crippen MR) is 108 cm³/mol. The maximum atomic E-state index is 6.00. The Labute approximate surface area is 168 Å². The maximum Gasteiger partial charge on any atom is 0.224 e. The lowest BCUT2D eigenvalue weighted by Crippen LogP contribution is -2.18. The molecule has 3 heterocycles. The summed E-state index contributed by atoms with van der Waals surface area (Å²) in [5.74, 6) is 2.24. The summed E-state index contributed by atoms with van der Waals surface area (Å²) in [6.45, 7) is 0.719. The number of aromatic nitrogens is 4. The van der Waals surface area contributed by atoms with Gasteiger partial charge in [0, 0.05) is 18.7 Å². The van der Waals surface area contributed by atoms with Crippen LogP contribution in [0.25, 0.3) is 11.2 Å². The molecule has 29 heavy (non-hydrogen) atoms. The number of hydrogen-bond donors (Lipinski definition) is 2. The van der Waals surface area contributed by atoms with E-state index in [0.29, 0.717) is 39.9 Å². The summed E-state index contributed by atoms with van der Waals surface area (Å²) in [5, 5.41) is 3.24. The molecular weight excluding hydrogens is 376 g/mol. The fourth-order valence-electron chi connectivity index (χ4n) is 3.42. The van der Waals surface area contributed by atoms with Gasteiger partial charge in [0.05, 0.1) is 27.7 Å². The molecule has 0 saturated carbocycles. The molecule has 0 bridgehead atoms. The second-order valence-electron chi connectivity index (χ2n) is 6.61. The minimum atomic E-state index is -0.110. The van der Waals surface area contributed by atoms with Crippen molar-refractivity contribution in [3.05, 3.63) is 18.5 Å². The topological polar surface area (TPSA) is 119 Å². The standard InChI is InChI=1S/C19H24N6O4/c1-26-11-8-12(27-2)15(13(9-11)28-3)22-17-16-18(24-19(20)23-17)25(10-21-16)14-6-4-5-7-29-14/h8-10,14H,4-7H2,1-3H3,(H3,20,22,23,24). The Morgan fingerprint density at radius 2 is 1.86 bits per heavy atom. The number of nitrogens with zero attached hydrogens (tertiary/aromatic N) is 4. The Morgan fingerprint density at radius 1 is 1.10 bits per heavy atom. The zero-order valence-electron chi connectivity index (χ0n) is 16.6. The Morgan fingerprint density at radius 3 is 2.48 bits per heavy atom. The van der Waals surface area contributed by atoms with E-state index in [1.165, 1.54) is 0 Å². The van der Waals surface area contributed by atoms with Gasteiger partial charge in [-0.1, -0.05) is 0 Å². The molecule has 154 valence electrons. The number of imidazole rings is 1. The molecule has 1 atom stereocenters. The highest BCUT2D eigenvalue weighted by Gasteiger charge is 2.22. The molecule has 1 aliphatic rings. The molecule has 3 N–H and O–H groups in total. The third-order valence-corrected chi connectivity index (χ3v) is 4.86. The highest BCUT2D eigenvalue weighted by Crippen LogP contribution is 2.41. The van der Waals surface area contributed by atoms with E-state index in [4.69, 9.17) is 24.7 Å². The number of methoxy groups -OCH3 is 3. The van der Waals surface area contributed by atoms with Crippen LogP contribution in [-0.2, 0) is 4.74 Å². The van der Waals surface area contributed by atoms with Crippen molar-refractivity contribution in [3.8, 4) is 17.2 Å². The van der Waals surface area contributed by atoms with Crippen LogP contribution in [0.3, 0.4) is 0 Å². The van der Waals surface area contributed by atoms with Crippen molar-refractivity contribution in [1.29, 1.82) is 0 Å². The lowest BCUT2D eigenvalue weighted by atomic mass is 10.2. The first-order chi connectivity index (χ1) is 14.1. The number of benzene rings is 1. The van der Waals surface area contributed by atoms with Crippen molar-refractivity contribution >= 4 is 28.6 Å². The predicted octanol–water partition coefficient (Wildman–Crippen LogP) is 2.88. The molecular formula is C19H24N6O4. The van der Waals surface area contributed by atoms with Gasteiger partial charge in [-0.2, -0.15) is 9.97 Å². The first-order valence-electron chi connectivity index (χ1n) is 9.33. The second kappa shape index (κ2) is 8.00. The van der Waals surface area contributed by atoms with Crippen LogP contribution in [-0.4, -0.2) is 47.5 Å². The first-order valence-corrected chi connectivity index (χ1v) is 9.33. The van der Waals surface area contributed by atoms with Gasteiger partial charge in [0.1, 0.15) is 29.2 Å². The van der Waals surface area contributed by atoms with Crippen LogP contribution in [0, 0.1) is 0 Å². The largest absolute Gasteiger partial charge is 0.496 e. The molecule has 0 radical (unpaired) electrons. The van der Waals surface area contributed by atoms with E-state index in [0.717, 1.165) is 25.9 Å². The fraction of sp³-hybridized carbons (Fsp3) is 0.421. The number of anilines is 3. The highest BCUT2D eigenvalue weighted by molar-refractivity contribution is 5.88. The number of hydrogen-bond acceptors (Lipinski definition) is 9. The molecule has 0 amide bonds. The molecule has 0 aliphatic carbocycles. The minimum Gasteiger partial charge on any atom is -0.496 e. The van der Waals surface area contributed by atoms with Crippen LogP contribution in [0.15, 0.2) is 18.5 Å². The van der Waals surface area contributed by atoms with E-state index in [9.17, 15) is 0 Å². The Balaban J connectivity index is 1.78. The van der Waals surface area contributed by atoms with E-state index < -0.39 is 0 Å². The maximum absolute atomic E-state index is 6.00. The van der Waals surface area contributed by atoms with Crippen LogP contribution in [0.2, 0.25) is 0 Å². The molecule has 1 saturated heterocycles. The molecule has 1 fully saturated rings. The zero-order chi connectivity index (χ0) is 20.4. The van der Waals surface area contributed by atoms with Crippen molar-refractivity contribution in [3.63, 3.8) is 0 Å². The second-order valence-corrected chi connectivity index (χ2v) is 6.61. The zero-order valence-corrected chi connectivity index (χ0v) is 16.6. The van der Waals surface area contributed by atoms with Crippen molar-refractivity contribution < 1.29 is 18.9 Å². The quantitative estimate of drug-likeness (QED) is 0.643. The molecule has 1 unspecified atom stereocenters. The van der Waals surface area contributed by atoms with Gasteiger partial charge < -0.3 is 30.0 Å². The summed E-state index contributed by atoms with van der Waals surface area (Å²) in [4.78, 5) is 13.2. The van der Waals surface area contributed by atoms with Crippen LogP contribution in [0.4, 0.5) is 17.5 Å². The molecule has 1 aliphatic heterocycles. The summed E-state index contributed by atoms with van der Waals surface area (Å²) in [6.07, 6.45) is 4.65. The van der Waals surface area contributed by atoms with Gasteiger partial charge >= 0.3 is 0 Å². The third kappa shape index (κ3) is 3.58. The molecule has 10 heteroatoms. The number of nitrogen functional groups attached to an aromatic ring is 1. The van der Waals surface area contributed by atoms with Crippen LogP contribution in [0.1, 0.15) is 25.5 Å². The van der Waals surface area contributed by atoms with E-state index in [1.807, 2.05) is 4.57 Å². The Hall–Kier alpha value is -3.27. The fourth-order valence-corrected chi connectivity index (χ4v) is 3.42. The summed E-state index contributed by atoms with van der Waals surface area (Å²) < 4.78 is 24.1. The number of ether oxygens (including phenoxy) is 4. The average Bonchev–Trinajstić information content (AvgIpc) is 3.18. The minimum absolute atomic E-state index is 0.110. The van der Waals surface area contributed by atoms with Gasteiger partial charge in [0.2, 0.25) is 5.95 Å². The average molecular weight is 400 g/mol. The Bertz CT molecular complexity index is 990. The normalized spacial score (nSPS) is 16.6. The number of rotatable bonds is 6. The Kier molecular flexibility index (Phi) is 5.26. The SMILES string of the molecule is COc1cc(OC)c(Nc2nc(N)nc3c2ncn3C2CCCCO2)c(OC)c1. The van der Waals surface area contributed by atoms with Gasteiger partial charge in [0.15, 0.2) is 17.0 Å². The van der Waals surface area contributed by atoms with E-state index >= 15 is 0 Å². The molecule has 4 rings (SSSR count). The van der Waals surface area contributed by atoms with Gasteiger partial charge in [-0.05, 0) is 19.3 Å². The van der Waals surface area contributed by atoms with Gasteiger partial charge in [-0.15, -0.1) is 0 Å². The van der Waals surface area contributed by atoms with Crippen LogP contribution >= 0.6 is 0 Å². The molecule has 1 aromatic carbocycles. The molecule has 0 spiro atoms.